The molecule has 0 saturated carbocycles. The number of anilines is 1. The maximum absolute atomic E-state index is 12.4. The van der Waals surface area contributed by atoms with Crippen LogP contribution in [0.25, 0.3) is 0 Å². The molecule has 0 atom stereocenters. The number of pyridine rings is 1. The molecular weight excluding hydrogens is 165 g/mol. The van der Waals surface area contributed by atoms with Crippen LogP contribution in [0.5, 0.6) is 0 Å². The molecule has 1 heterocycles. The molecule has 1 aromatic rings. The number of nitrogen functional groups attached to an aromatic ring is 1. The van der Waals surface area contributed by atoms with Gasteiger partial charge in [0, 0.05) is 0 Å². The second-order valence-corrected chi connectivity index (χ2v) is 2.00. The number of carbonyl (C=O) groups is 1. The summed E-state index contributed by atoms with van der Waals surface area (Å²) in [5, 5.41) is 8.52. The van der Waals surface area contributed by atoms with Crippen molar-refractivity contribution in [3.05, 3.63) is 23.6 Å². The van der Waals surface area contributed by atoms with Gasteiger partial charge in [0.25, 0.3) is 0 Å². The maximum atomic E-state index is 12.4. The standard InChI is InChI=1S/C6H6FN3O2/c7-3-1-4(6(11)12)5(10-8)9-2-3/h1-2H,8H2,(H,9,10)(H,11,12). The SMILES string of the molecule is NNc1ncc(F)cc1C(=O)O. The van der Waals surface area contributed by atoms with Crippen LogP contribution in [0.3, 0.4) is 0 Å². The largest absolute Gasteiger partial charge is 0.478 e. The highest BCUT2D eigenvalue weighted by Gasteiger charge is 2.11. The van der Waals surface area contributed by atoms with Crippen molar-refractivity contribution >= 4 is 11.8 Å². The summed E-state index contributed by atoms with van der Waals surface area (Å²) in [5.74, 6) is 2.88. The van der Waals surface area contributed by atoms with Gasteiger partial charge in [0.2, 0.25) is 0 Å². The fraction of sp³-hybridized carbons (Fsp3) is 0. The zero-order chi connectivity index (χ0) is 9.14. The van der Waals surface area contributed by atoms with Crippen LogP contribution in [0.2, 0.25) is 0 Å². The van der Waals surface area contributed by atoms with Crippen molar-refractivity contribution in [1.82, 2.24) is 4.98 Å². The first-order valence-corrected chi connectivity index (χ1v) is 3.00. The third kappa shape index (κ3) is 1.48. The van der Waals surface area contributed by atoms with Gasteiger partial charge in [-0.2, -0.15) is 0 Å². The fourth-order valence-corrected chi connectivity index (χ4v) is 0.717. The van der Waals surface area contributed by atoms with E-state index in [1.54, 1.807) is 0 Å². The molecule has 1 rings (SSSR count). The fourth-order valence-electron chi connectivity index (χ4n) is 0.717. The molecule has 0 unspecified atom stereocenters. The van der Waals surface area contributed by atoms with Gasteiger partial charge in [-0.3, -0.25) is 0 Å². The van der Waals surface area contributed by atoms with Crippen molar-refractivity contribution in [3.8, 4) is 0 Å². The van der Waals surface area contributed by atoms with Gasteiger partial charge in [-0.1, -0.05) is 0 Å². The van der Waals surface area contributed by atoms with Crippen LogP contribution < -0.4 is 11.3 Å². The molecule has 1 aromatic heterocycles. The van der Waals surface area contributed by atoms with E-state index in [1.807, 2.05) is 5.43 Å². The van der Waals surface area contributed by atoms with E-state index in [0.717, 1.165) is 12.3 Å². The molecule has 4 N–H and O–H groups in total. The predicted octanol–water partition coefficient (Wildman–Crippen LogP) is 0.204. The van der Waals surface area contributed by atoms with Gasteiger partial charge in [0.1, 0.15) is 11.4 Å². The maximum Gasteiger partial charge on any atom is 0.339 e. The van der Waals surface area contributed by atoms with Crippen LogP contribution >= 0.6 is 0 Å². The van der Waals surface area contributed by atoms with E-state index in [2.05, 4.69) is 4.98 Å². The van der Waals surface area contributed by atoms with Crippen LogP contribution in [-0.4, -0.2) is 16.1 Å². The van der Waals surface area contributed by atoms with Crippen molar-refractivity contribution in [1.29, 1.82) is 0 Å². The van der Waals surface area contributed by atoms with Crippen LogP contribution in [0.4, 0.5) is 10.2 Å². The zero-order valence-electron chi connectivity index (χ0n) is 5.91. The third-order valence-electron chi connectivity index (χ3n) is 1.22. The van der Waals surface area contributed by atoms with Gasteiger partial charge in [-0.15, -0.1) is 0 Å². The van der Waals surface area contributed by atoms with Crippen molar-refractivity contribution in [2.45, 2.75) is 0 Å². The molecule has 12 heavy (non-hydrogen) atoms. The van der Waals surface area contributed by atoms with Crippen LogP contribution in [-0.2, 0) is 0 Å². The number of hydrogen-bond donors (Lipinski definition) is 3. The summed E-state index contributed by atoms with van der Waals surface area (Å²) in [4.78, 5) is 13.9. The van der Waals surface area contributed by atoms with E-state index in [-0.39, 0.29) is 11.4 Å². The molecule has 0 aliphatic carbocycles. The lowest BCUT2D eigenvalue weighted by Crippen LogP contribution is -2.13. The van der Waals surface area contributed by atoms with E-state index in [0.29, 0.717) is 0 Å². The highest BCUT2D eigenvalue weighted by atomic mass is 19.1. The summed E-state index contributed by atoms with van der Waals surface area (Å²) in [6.07, 6.45) is 0.877. The number of aromatic nitrogens is 1. The Bertz CT molecular complexity index is 316. The monoisotopic (exact) mass is 171 g/mol. The van der Waals surface area contributed by atoms with Gasteiger partial charge in [-0.05, 0) is 6.07 Å². The van der Waals surface area contributed by atoms with Crippen molar-refractivity contribution < 1.29 is 14.3 Å². The minimum atomic E-state index is -1.28. The normalized spacial score (nSPS) is 9.50. The molecule has 0 aromatic carbocycles. The summed E-state index contributed by atoms with van der Waals surface area (Å²) in [6, 6.07) is 0.838. The number of carboxylic acid groups (broad SMARTS) is 1. The lowest BCUT2D eigenvalue weighted by molar-refractivity contribution is 0.0697. The molecule has 5 nitrogen and oxygen atoms in total. The van der Waals surface area contributed by atoms with Crippen LogP contribution in [0.15, 0.2) is 12.3 Å². The molecule has 64 valence electrons. The first-order valence-electron chi connectivity index (χ1n) is 3.00. The van der Waals surface area contributed by atoms with E-state index in [9.17, 15) is 9.18 Å². The minimum Gasteiger partial charge on any atom is -0.478 e. The Hall–Kier alpha value is -1.69. The van der Waals surface area contributed by atoms with Gasteiger partial charge in [-0.25, -0.2) is 20.0 Å². The third-order valence-corrected chi connectivity index (χ3v) is 1.22. The molecule has 0 aliphatic heterocycles. The molecule has 0 radical (unpaired) electrons. The lowest BCUT2D eigenvalue weighted by Gasteiger charge is -2.02. The van der Waals surface area contributed by atoms with E-state index >= 15 is 0 Å². The molecule has 0 aliphatic rings. The Morgan fingerprint density at radius 3 is 2.92 bits per heavy atom. The Kier molecular flexibility index (Phi) is 2.20. The number of rotatable bonds is 2. The smallest absolute Gasteiger partial charge is 0.339 e. The summed E-state index contributed by atoms with van der Waals surface area (Å²) < 4.78 is 12.4. The number of aromatic carboxylic acids is 1. The van der Waals surface area contributed by atoms with Gasteiger partial charge in [0.05, 0.1) is 6.20 Å². The highest BCUT2D eigenvalue weighted by Crippen LogP contribution is 2.11. The summed E-state index contributed by atoms with van der Waals surface area (Å²) in [6.45, 7) is 0. The lowest BCUT2D eigenvalue weighted by atomic mass is 10.2. The number of hydrogen-bond acceptors (Lipinski definition) is 4. The Morgan fingerprint density at radius 2 is 2.42 bits per heavy atom. The summed E-state index contributed by atoms with van der Waals surface area (Å²) in [5.41, 5.74) is 1.75. The first kappa shape index (κ1) is 8.41. The number of carboxylic acids is 1. The summed E-state index contributed by atoms with van der Waals surface area (Å²) >= 11 is 0. The molecule has 0 fully saturated rings. The minimum absolute atomic E-state index is 0.0658. The van der Waals surface area contributed by atoms with Crippen LogP contribution in [0.1, 0.15) is 10.4 Å². The Balaban J connectivity index is 3.21. The number of nitrogens with one attached hydrogen (secondary N) is 1. The van der Waals surface area contributed by atoms with Crippen molar-refractivity contribution in [2.24, 2.45) is 5.84 Å². The number of hydrazine groups is 1. The molecule has 0 saturated heterocycles. The second-order valence-electron chi connectivity index (χ2n) is 2.00. The number of nitrogens with zero attached hydrogens (tertiary/aromatic N) is 1. The van der Waals surface area contributed by atoms with Crippen molar-refractivity contribution in [3.63, 3.8) is 0 Å². The zero-order valence-corrected chi connectivity index (χ0v) is 5.91. The number of halogens is 1. The topological polar surface area (TPSA) is 88.2 Å². The van der Waals surface area contributed by atoms with Gasteiger partial charge >= 0.3 is 5.97 Å². The molecular formula is C6H6FN3O2. The molecule has 0 amide bonds. The predicted molar refractivity (Wildman–Crippen MR) is 39.0 cm³/mol. The Labute approximate surface area is 67.0 Å². The van der Waals surface area contributed by atoms with E-state index in [1.165, 1.54) is 0 Å². The van der Waals surface area contributed by atoms with E-state index in [4.69, 9.17) is 10.9 Å². The Morgan fingerprint density at radius 1 is 1.75 bits per heavy atom. The summed E-state index contributed by atoms with van der Waals surface area (Å²) in [7, 11) is 0. The van der Waals surface area contributed by atoms with Gasteiger partial charge in [0.15, 0.2) is 5.82 Å². The molecule has 0 bridgehead atoms. The average molecular weight is 171 g/mol. The van der Waals surface area contributed by atoms with Crippen molar-refractivity contribution in [2.75, 3.05) is 5.43 Å². The first-order chi connectivity index (χ1) is 5.65. The van der Waals surface area contributed by atoms with Crippen LogP contribution in [0, 0.1) is 5.82 Å². The average Bonchev–Trinajstić information content (AvgIpc) is 2.04. The second kappa shape index (κ2) is 3.14. The molecule has 6 heteroatoms. The quantitative estimate of drug-likeness (QED) is 0.437. The number of nitrogens with two attached hydrogens (primary N) is 1. The van der Waals surface area contributed by atoms with E-state index < -0.39 is 11.8 Å². The highest BCUT2D eigenvalue weighted by molar-refractivity contribution is 5.92. The van der Waals surface area contributed by atoms with Gasteiger partial charge < -0.3 is 10.5 Å². The molecule has 0 spiro atoms.